The Kier molecular flexibility index (Phi) is 5.35. The van der Waals surface area contributed by atoms with Crippen LogP contribution >= 0.6 is 0 Å². The van der Waals surface area contributed by atoms with E-state index in [1.807, 2.05) is 13.8 Å². The molecule has 0 bridgehead atoms. The first kappa shape index (κ1) is 16.0. The molecule has 0 spiro atoms. The SMILES string of the molecule is CCC(CC)CC(O)c1ccc(F)cc1C(F)(F)F. The summed E-state index contributed by atoms with van der Waals surface area (Å²) >= 11 is 0. The molecule has 1 aromatic carbocycles. The van der Waals surface area contributed by atoms with E-state index in [4.69, 9.17) is 0 Å². The van der Waals surface area contributed by atoms with E-state index in [1.165, 1.54) is 0 Å². The van der Waals surface area contributed by atoms with Crippen LogP contribution in [0.1, 0.15) is 50.3 Å². The molecule has 1 aromatic rings. The number of halogens is 4. The predicted octanol–water partition coefficient (Wildman–Crippen LogP) is 4.70. The van der Waals surface area contributed by atoms with Gasteiger partial charge in [-0.2, -0.15) is 13.2 Å². The average molecular weight is 278 g/mol. The summed E-state index contributed by atoms with van der Waals surface area (Å²) in [5.74, 6) is -0.799. The van der Waals surface area contributed by atoms with E-state index in [0.29, 0.717) is 6.07 Å². The zero-order chi connectivity index (χ0) is 14.6. The molecule has 1 rings (SSSR count). The van der Waals surface area contributed by atoms with Gasteiger partial charge in [0.25, 0.3) is 0 Å². The Balaban J connectivity index is 3.05. The van der Waals surface area contributed by atoms with E-state index in [0.717, 1.165) is 25.0 Å². The first-order chi connectivity index (χ1) is 8.79. The van der Waals surface area contributed by atoms with Gasteiger partial charge in [0.2, 0.25) is 0 Å². The van der Waals surface area contributed by atoms with E-state index in [1.54, 1.807) is 0 Å². The molecule has 108 valence electrons. The third-order valence-electron chi connectivity index (χ3n) is 3.39. The Bertz CT molecular complexity index is 410. The minimum atomic E-state index is -4.66. The maximum atomic E-state index is 13.0. The number of aliphatic hydroxyl groups excluding tert-OH is 1. The van der Waals surface area contributed by atoms with E-state index < -0.39 is 23.7 Å². The van der Waals surface area contributed by atoms with Crippen LogP contribution in [0.3, 0.4) is 0 Å². The lowest BCUT2D eigenvalue weighted by Crippen LogP contribution is -2.14. The second-order valence-electron chi connectivity index (χ2n) is 4.66. The summed E-state index contributed by atoms with van der Waals surface area (Å²) in [7, 11) is 0. The van der Waals surface area contributed by atoms with E-state index >= 15 is 0 Å². The van der Waals surface area contributed by atoms with Crippen molar-refractivity contribution >= 4 is 0 Å². The van der Waals surface area contributed by atoms with Crippen LogP contribution in [-0.2, 0) is 6.18 Å². The number of aliphatic hydroxyl groups is 1. The Morgan fingerprint density at radius 3 is 2.21 bits per heavy atom. The van der Waals surface area contributed by atoms with Crippen LogP contribution in [0, 0.1) is 11.7 Å². The summed E-state index contributed by atoms with van der Waals surface area (Å²) in [5.41, 5.74) is -1.34. The summed E-state index contributed by atoms with van der Waals surface area (Å²) in [5, 5.41) is 9.97. The zero-order valence-electron chi connectivity index (χ0n) is 11.0. The van der Waals surface area contributed by atoms with E-state index in [-0.39, 0.29) is 17.9 Å². The molecule has 0 aliphatic rings. The van der Waals surface area contributed by atoms with Crippen molar-refractivity contribution in [2.45, 2.75) is 45.4 Å². The highest BCUT2D eigenvalue weighted by molar-refractivity contribution is 5.32. The van der Waals surface area contributed by atoms with E-state index in [9.17, 15) is 22.7 Å². The van der Waals surface area contributed by atoms with Crippen LogP contribution in [0.25, 0.3) is 0 Å². The molecule has 1 nitrogen and oxygen atoms in total. The fourth-order valence-electron chi connectivity index (χ4n) is 2.13. The van der Waals surface area contributed by atoms with Gasteiger partial charge in [0.1, 0.15) is 5.82 Å². The van der Waals surface area contributed by atoms with Gasteiger partial charge in [-0.1, -0.05) is 32.8 Å². The molecule has 0 aromatic heterocycles. The van der Waals surface area contributed by atoms with Crippen LogP contribution in [0.15, 0.2) is 18.2 Å². The standard InChI is InChI=1S/C14H18F4O/c1-3-9(4-2)7-13(19)11-6-5-10(15)8-12(11)14(16,17)18/h5-6,8-9,13,19H,3-4,7H2,1-2H3. The molecular formula is C14H18F4O. The van der Waals surface area contributed by atoms with Gasteiger partial charge in [-0.3, -0.25) is 0 Å². The molecule has 0 aliphatic heterocycles. The van der Waals surface area contributed by atoms with Gasteiger partial charge in [0.05, 0.1) is 11.7 Å². The molecule has 0 fully saturated rings. The smallest absolute Gasteiger partial charge is 0.388 e. The Morgan fingerprint density at radius 1 is 1.16 bits per heavy atom. The summed E-state index contributed by atoms with van der Waals surface area (Å²) < 4.78 is 51.4. The molecule has 0 saturated heterocycles. The minimum Gasteiger partial charge on any atom is -0.388 e. The van der Waals surface area contributed by atoms with Gasteiger partial charge in [-0.05, 0) is 30.0 Å². The first-order valence-corrected chi connectivity index (χ1v) is 6.34. The molecule has 5 heteroatoms. The van der Waals surface area contributed by atoms with E-state index in [2.05, 4.69) is 0 Å². The van der Waals surface area contributed by atoms with Crippen LogP contribution in [0.2, 0.25) is 0 Å². The van der Waals surface area contributed by atoms with Crippen LogP contribution < -0.4 is 0 Å². The van der Waals surface area contributed by atoms with Crippen molar-refractivity contribution < 1.29 is 22.7 Å². The fraction of sp³-hybridized carbons (Fsp3) is 0.571. The van der Waals surface area contributed by atoms with Crippen molar-refractivity contribution in [1.82, 2.24) is 0 Å². The molecule has 0 saturated carbocycles. The summed E-state index contributed by atoms with van der Waals surface area (Å²) in [6.07, 6.45) is -4.05. The Hall–Kier alpha value is -1.10. The quantitative estimate of drug-likeness (QED) is 0.774. The maximum Gasteiger partial charge on any atom is 0.416 e. The molecule has 0 heterocycles. The summed E-state index contributed by atoms with van der Waals surface area (Å²) in [4.78, 5) is 0. The van der Waals surface area contributed by atoms with Gasteiger partial charge in [-0.25, -0.2) is 4.39 Å². The van der Waals surface area contributed by atoms with Gasteiger partial charge in [0.15, 0.2) is 0 Å². The van der Waals surface area contributed by atoms with Crippen molar-refractivity contribution in [3.05, 3.63) is 35.1 Å². The Labute approximate surface area is 110 Å². The number of hydrogen-bond acceptors (Lipinski definition) is 1. The predicted molar refractivity (Wildman–Crippen MR) is 65.1 cm³/mol. The van der Waals surface area contributed by atoms with Crippen molar-refractivity contribution in [2.75, 3.05) is 0 Å². The number of alkyl halides is 3. The highest BCUT2D eigenvalue weighted by Gasteiger charge is 2.35. The molecule has 1 N–H and O–H groups in total. The highest BCUT2D eigenvalue weighted by atomic mass is 19.4. The topological polar surface area (TPSA) is 20.2 Å². The molecular weight excluding hydrogens is 260 g/mol. The largest absolute Gasteiger partial charge is 0.416 e. The second kappa shape index (κ2) is 6.37. The fourth-order valence-corrected chi connectivity index (χ4v) is 2.13. The number of benzene rings is 1. The third-order valence-corrected chi connectivity index (χ3v) is 3.39. The lowest BCUT2D eigenvalue weighted by Gasteiger charge is -2.21. The lowest BCUT2D eigenvalue weighted by atomic mass is 9.90. The Morgan fingerprint density at radius 2 is 1.74 bits per heavy atom. The van der Waals surface area contributed by atoms with Crippen molar-refractivity contribution in [1.29, 1.82) is 0 Å². The monoisotopic (exact) mass is 278 g/mol. The van der Waals surface area contributed by atoms with Gasteiger partial charge >= 0.3 is 6.18 Å². The maximum absolute atomic E-state index is 13.0. The lowest BCUT2D eigenvalue weighted by molar-refractivity contribution is -0.139. The van der Waals surface area contributed by atoms with Gasteiger partial charge < -0.3 is 5.11 Å². The van der Waals surface area contributed by atoms with Crippen molar-refractivity contribution in [3.8, 4) is 0 Å². The molecule has 0 aliphatic carbocycles. The molecule has 1 atom stereocenters. The second-order valence-corrected chi connectivity index (χ2v) is 4.66. The van der Waals surface area contributed by atoms with Gasteiger partial charge in [0, 0.05) is 0 Å². The zero-order valence-corrected chi connectivity index (χ0v) is 11.0. The van der Waals surface area contributed by atoms with Crippen LogP contribution in [-0.4, -0.2) is 5.11 Å². The normalized spacial score (nSPS) is 13.9. The van der Waals surface area contributed by atoms with Crippen molar-refractivity contribution in [3.63, 3.8) is 0 Å². The van der Waals surface area contributed by atoms with Crippen molar-refractivity contribution in [2.24, 2.45) is 5.92 Å². The van der Waals surface area contributed by atoms with Crippen LogP contribution in [0.5, 0.6) is 0 Å². The molecule has 0 amide bonds. The molecule has 1 unspecified atom stereocenters. The number of hydrogen-bond donors (Lipinski definition) is 1. The summed E-state index contributed by atoms with van der Waals surface area (Å²) in [6, 6.07) is 2.40. The third kappa shape index (κ3) is 4.20. The average Bonchev–Trinajstić information content (AvgIpc) is 2.34. The molecule has 19 heavy (non-hydrogen) atoms. The van der Waals surface area contributed by atoms with Crippen LogP contribution in [0.4, 0.5) is 17.6 Å². The minimum absolute atomic E-state index is 0.154. The number of rotatable bonds is 5. The highest BCUT2D eigenvalue weighted by Crippen LogP contribution is 2.37. The first-order valence-electron chi connectivity index (χ1n) is 6.34. The summed E-state index contributed by atoms with van der Waals surface area (Å²) in [6.45, 7) is 3.85. The van der Waals surface area contributed by atoms with Gasteiger partial charge in [-0.15, -0.1) is 0 Å². The molecule has 0 radical (unpaired) electrons.